The molecule has 3 nitrogen and oxygen atoms in total. The second-order valence-electron chi connectivity index (χ2n) is 3.73. The Hall–Kier alpha value is -0.520. The first-order valence-corrected chi connectivity index (χ1v) is 7.01. The molecule has 0 aromatic heterocycles. The fourth-order valence-electron chi connectivity index (χ4n) is 1.23. The summed E-state index contributed by atoms with van der Waals surface area (Å²) in [6.07, 6.45) is 0. The third kappa shape index (κ3) is 2.99. The van der Waals surface area contributed by atoms with E-state index < -0.39 is 19.7 Å². The van der Waals surface area contributed by atoms with E-state index in [1.165, 1.54) is 0 Å². The van der Waals surface area contributed by atoms with Gasteiger partial charge in [0.1, 0.15) is 0 Å². The van der Waals surface area contributed by atoms with Gasteiger partial charge in [-0.15, -0.1) is 12.4 Å². The Balaban J connectivity index is 0.00000225. The van der Waals surface area contributed by atoms with Crippen molar-refractivity contribution >= 4 is 33.9 Å². The molecule has 1 aromatic carbocycles. The first-order valence-electron chi connectivity index (χ1n) is 4.44. The zero-order valence-corrected chi connectivity index (χ0v) is 11.5. The van der Waals surface area contributed by atoms with E-state index in [9.17, 15) is 12.6 Å². The fraction of sp³-hybridized carbons (Fsp3) is 0.400. The number of sulfone groups is 1. The highest BCUT2D eigenvalue weighted by Crippen LogP contribution is 2.29. The van der Waals surface area contributed by atoms with Gasteiger partial charge in [0, 0.05) is 4.21 Å². The minimum absolute atomic E-state index is 0. The summed E-state index contributed by atoms with van der Waals surface area (Å²) in [7, 11) is -3.41. The standard InChI is InChI=1S/C10H13O3S2.ClH/c1-10(2,15(12,13)8-14-11)9-6-4-3-5-7-9;/h3-7H,8H2,1-2H3;1H/q+1;. The third-order valence-electron chi connectivity index (χ3n) is 2.45. The predicted molar refractivity (Wildman–Crippen MR) is 68.6 cm³/mol. The number of rotatable bonds is 4. The van der Waals surface area contributed by atoms with Gasteiger partial charge in [-0.3, -0.25) is 0 Å². The minimum Gasteiger partial charge on any atom is -0.222 e. The molecule has 0 saturated heterocycles. The van der Waals surface area contributed by atoms with Gasteiger partial charge in [-0.05, 0) is 19.4 Å². The van der Waals surface area contributed by atoms with Gasteiger partial charge in [0.05, 0.1) is 4.75 Å². The second-order valence-corrected chi connectivity index (χ2v) is 7.16. The van der Waals surface area contributed by atoms with Gasteiger partial charge in [-0.1, -0.05) is 30.3 Å². The average molecular weight is 282 g/mol. The van der Waals surface area contributed by atoms with Gasteiger partial charge < -0.3 is 0 Å². The van der Waals surface area contributed by atoms with Gasteiger partial charge in [0.2, 0.25) is 9.84 Å². The number of benzene rings is 1. The van der Waals surface area contributed by atoms with Crippen molar-refractivity contribution in [3.05, 3.63) is 35.9 Å². The molecule has 0 amide bonds. The molecule has 0 fully saturated rings. The van der Waals surface area contributed by atoms with Crippen LogP contribution in [0.1, 0.15) is 19.4 Å². The van der Waals surface area contributed by atoms with Crippen LogP contribution in [0, 0.1) is 0 Å². The SMILES string of the molecule is CC(C)(c1ccccc1)S(=O)(=O)C[S+]=O.Cl. The van der Waals surface area contributed by atoms with Crippen LogP contribution in [0.3, 0.4) is 0 Å². The molecule has 0 aliphatic heterocycles. The lowest BCUT2D eigenvalue weighted by atomic mass is 10.0. The number of hydrogen-bond donors (Lipinski definition) is 0. The number of halogens is 1. The van der Waals surface area contributed by atoms with Crippen molar-refractivity contribution in [2.45, 2.75) is 18.6 Å². The van der Waals surface area contributed by atoms with Crippen LogP contribution >= 0.6 is 12.4 Å². The summed E-state index contributed by atoms with van der Waals surface area (Å²) in [5.41, 5.74) is 0.707. The Bertz CT molecular complexity index is 440. The monoisotopic (exact) mass is 281 g/mol. The quantitative estimate of drug-likeness (QED) is 0.795. The van der Waals surface area contributed by atoms with Crippen LogP contribution in [-0.4, -0.2) is 13.5 Å². The van der Waals surface area contributed by atoms with Crippen molar-refractivity contribution in [2.24, 2.45) is 0 Å². The molecule has 0 heterocycles. The van der Waals surface area contributed by atoms with Crippen LogP contribution in [0.15, 0.2) is 30.3 Å². The first kappa shape index (κ1) is 15.5. The molecule has 0 aliphatic rings. The molecule has 0 saturated carbocycles. The van der Waals surface area contributed by atoms with Crippen LogP contribution in [-0.2, 0) is 30.5 Å². The van der Waals surface area contributed by atoms with Crippen molar-refractivity contribution in [3.8, 4) is 0 Å². The van der Waals surface area contributed by atoms with Gasteiger partial charge in [-0.25, -0.2) is 8.42 Å². The molecule has 0 aliphatic carbocycles. The van der Waals surface area contributed by atoms with Crippen molar-refractivity contribution in [1.82, 2.24) is 0 Å². The van der Waals surface area contributed by atoms with E-state index >= 15 is 0 Å². The van der Waals surface area contributed by atoms with Crippen molar-refractivity contribution in [3.63, 3.8) is 0 Å². The maximum atomic E-state index is 11.8. The maximum Gasteiger partial charge on any atom is 0.475 e. The summed E-state index contributed by atoms with van der Waals surface area (Å²) in [6.45, 7) is 3.24. The van der Waals surface area contributed by atoms with Gasteiger partial charge in [0.25, 0.3) is 0 Å². The Morgan fingerprint density at radius 2 is 1.69 bits per heavy atom. The van der Waals surface area contributed by atoms with Gasteiger partial charge >= 0.3 is 16.8 Å². The van der Waals surface area contributed by atoms with E-state index in [-0.39, 0.29) is 24.1 Å². The summed E-state index contributed by atoms with van der Waals surface area (Å²) in [5, 5.41) is -0.394. The van der Waals surface area contributed by atoms with Crippen LogP contribution < -0.4 is 0 Å². The largest absolute Gasteiger partial charge is 0.475 e. The summed E-state index contributed by atoms with van der Waals surface area (Å²) >= 11 is 0.0921. The molecular formula is C10H14ClO3S2+. The maximum absolute atomic E-state index is 11.8. The lowest BCUT2D eigenvalue weighted by Gasteiger charge is -2.21. The predicted octanol–water partition coefficient (Wildman–Crippen LogP) is 2.14. The minimum atomic E-state index is -3.41. The smallest absolute Gasteiger partial charge is 0.222 e. The van der Waals surface area contributed by atoms with Crippen LogP contribution in [0.4, 0.5) is 0 Å². The summed E-state index contributed by atoms with van der Waals surface area (Å²) in [5.74, 6) is 0. The molecule has 0 bridgehead atoms. The normalized spacial score (nSPS) is 11.6. The molecule has 0 radical (unpaired) electrons. The molecule has 90 valence electrons. The van der Waals surface area contributed by atoms with Crippen LogP contribution in [0.25, 0.3) is 0 Å². The van der Waals surface area contributed by atoms with Crippen molar-refractivity contribution < 1.29 is 12.6 Å². The Labute approximate surface area is 106 Å². The molecule has 0 spiro atoms. The van der Waals surface area contributed by atoms with E-state index in [1.54, 1.807) is 38.1 Å². The molecule has 6 heteroatoms. The summed E-state index contributed by atoms with van der Waals surface area (Å²) in [4.78, 5) is 0. The van der Waals surface area contributed by atoms with E-state index in [0.29, 0.717) is 5.56 Å². The molecule has 1 rings (SSSR count). The van der Waals surface area contributed by atoms with E-state index in [4.69, 9.17) is 0 Å². The molecule has 0 unspecified atom stereocenters. The van der Waals surface area contributed by atoms with Crippen LogP contribution in [0.2, 0.25) is 0 Å². The highest BCUT2D eigenvalue weighted by Gasteiger charge is 2.39. The topological polar surface area (TPSA) is 51.2 Å². The summed E-state index contributed by atoms with van der Waals surface area (Å²) < 4.78 is 33.0. The van der Waals surface area contributed by atoms with Crippen molar-refractivity contribution in [2.75, 3.05) is 5.08 Å². The van der Waals surface area contributed by atoms with E-state index in [0.717, 1.165) is 0 Å². The zero-order valence-electron chi connectivity index (χ0n) is 9.04. The van der Waals surface area contributed by atoms with Gasteiger partial charge in [-0.2, -0.15) is 0 Å². The Morgan fingerprint density at radius 3 is 2.12 bits per heavy atom. The average Bonchev–Trinajstić information content (AvgIpc) is 2.19. The lowest BCUT2D eigenvalue weighted by molar-refractivity contribution is 0.558. The van der Waals surface area contributed by atoms with E-state index in [2.05, 4.69) is 0 Å². The Morgan fingerprint density at radius 1 is 1.19 bits per heavy atom. The third-order valence-corrected chi connectivity index (χ3v) is 5.87. The lowest BCUT2D eigenvalue weighted by Crippen LogP contribution is -2.31. The summed E-state index contributed by atoms with van der Waals surface area (Å²) in [6, 6.07) is 8.92. The molecule has 16 heavy (non-hydrogen) atoms. The Kier molecular flexibility index (Phi) is 5.52. The van der Waals surface area contributed by atoms with Crippen LogP contribution in [0.5, 0.6) is 0 Å². The fourth-order valence-corrected chi connectivity index (χ4v) is 3.41. The number of hydrogen-bond acceptors (Lipinski definition) is 3. The second kappa shape index (κ2) is 5.70. The first-order chi connectivity index (χ1) is 6.92. The van der Waals surface area contributed by atoms with Gasteiger partial charge in [0.15, 0.2) is 0 Å². The molecule has 0 N–H and O–H groups in total. The highest BCUT2D eigenvalue weighted by atomic mass is 35.5. The van der Waals surface area contributed by atoms with E-state index in [1.807, 2.05) is 6.07 Å². The zero-order chi connectivity index (χ0) is 11.5. The van der Waals surface area contributed by atoms with Crippen molar-refractivity contribution in [1.29, 1.82) is 0 Å². The molecular weight excluding hydrogens is 268 g/mol. The molecule has 0 atom stereocenters. The highest BCUT2D eigenvalue weighted by molar-refractivity contribution is 8.00. The molecule has 1 aromatic rings.